The first-order chi connectivity index (χ1) is 20.6. The number of rotatable bonds is 6. The molecule has 0 fully saturated rings. The van der Waals surface area contributed by atoms with E-state index in [0.29, 0.717) is 39.0 Å². The number of nitrogens with zero attached hydrogens (tertiary/aromatic N) is 3. The minimum atomic E-state index is -0.744. The van der Waals surface area contributed by atoms with Crippen LogP contribution in [0.1, 0.15) is 47.2 Å². The summed E-state index contributed by atoms with van der Waals surface area (Å²) in [6.45, 7) is 5.39. The highest BCUT2D eigenvalue weighted by Crippen LogP contribution is 2.36. The molecule has 0 radical (unpaired) electrons. The number of aromatic nitrogens is 2. The first-order valence-electron chi connectivity index (χ1n) is 13.3. The van der Waals surface area contributed by atoms with Crippen molar-refractivity contribution in [1.29, 1.82) is 0 Å². The van der Waals surface area contributed by atoms with E-state index in [2.05, 4.69) is 10.5 Å². The lowest BCUT2D eigenvalue weighted by Gasteiger charge is -2.20. The molecule has 2 heterocycles. The number of hydroxylamine groups is 1. The van der Waals surface area contributed by atoms with Crippen LogP contribution in [0.2, 0.25) is 0 Å². The molecule has 0 saturated carbocycles. The molecule has 3 N–H and O–H groups in total. The topological polar surface area (TPSA) is 144 Å². The third-order valence-electron chi connectivity index (χ3n) is 6.48. The van der Waals surface area contributed by atoms with E-state index >= 15 is 0 Å². The molecule has 0 aliphatic rings. The van der Waals surface area contributed by atoms with Crippen molar-refractivity contribution in [2.75, 3.05) is 7.11 Å². The van der Waals surface area contributed by atoms with Crippen LogP contribution in [0.5, 0.6) is 5.75 Å². The molecular formula is C32H29N5O6. The molecule has 0 unspecified atom stereocenters. The Morgan fingerprint density at radius 3 is 2.28 bits per heavy atom. The summed E-state index contributed by atoms with van der Waals surface area (Å²) in [5, 5.41) is 14.2. The van der Waals surface area contributed by atoms with Crippen molar-refractivity contribution in [3.05, 3.63) is 95.7 Å². The van der Waals surface area contributed by atoms with Gasteiger partial charge in [-0.25, -0.2) is 25.3 Å². The fourth-order valence-corrected chi connectivity index (χ4v) is 4.56. The van der Waals surface area contributed by atoms with Gasteiger partial charge in [-0.1, -0.05) is 30.3 Å². The van der Waals surface area contributed by atoms with E-state index in [1.165, 1.54) is 22.9 Å². The second-order valence-electron chi connectivity index (χ2n) is 10.6. The number of para-hydroxylation sites is 1. The highest BCUT2D eigenvalue weighted by molar-refractivity contribution is 6.17. The average molecular weight is 580 g/mol. The lowest BCUT2D eigenvalue weighted by atomic mass is 10.1. The number of hydrogen-bond donors (Lipinski definition) is 3. The number of fused-ring (bicyclic) bond motifs is 3. The van der Waals surface area contributed by atoms with Gasteiger partial charge in [-0.05, 0) is 74.9 Å². The summed E-state index contributed by atoms with van der Waals surface area (Å²) in [6, 6.07) is 22.4. The minimum absolute atomic E-state index is 0.0810. The van der Waals surface area contributed by atoms with Crippen LogP contribution in [0.15, 0.2) is 84.0 Å². The number of ether oxygens (including phenoxy) is 2. The maximum atomic E-state index is 13.6. The van der Waals surface area contributed by atoms with Gasteiger partial charge < -0.3 is 9.47 Å². The average Bonchev–Trinajstić information content (AvgIpc) is 3.34. The van der Waals surface area contributed by atoms with E-state index in [1.54, 1.807) is 75.8 Å². The zero-order valence-corrected chi connectivity index (χ0v) is 23.9. The molecule has 0 aliphatic carbocycles. The van der Waals surface area contributed by atoms with Crippen molar-refractivity contribution in [1.82, 2.24) is 20.5 Å². The molecule has 0 atom stereocenters. The quantitative estimate of drug-likeness (QED) is 0.136. The number of carbonyl (C=O) groups excluding carboxylic acids is 3. The summed E-state index contributed by atoms with van der Waals surface area (Å²) in [5.74, 6) is -0.571. The molecular weight excluding hydrogens is 550 g/mol. The van der Waals surface area contributed by atoms with E-state index in [1.807, 2.05) is 24.3 Å². The van der Waals surface area contributed by atoms with Gasteiger partial charge in [0.25, 0.3) is 11.8 Å². The molecule has 43 heavy (non-hydrogen) atoms. The largest absolute Gasteiger partial charge is 0.497 e. The van der Waals surface area contributed by atoms with Crippen molar-refractivity contribution in [2.24, 2.45) is 5.10 Å². The third-order valence-corrected chi connectivity index (χ3v) is 6.48. The van der Waals surface area contributed by atoms with Gasteiger partial charge in [0.1, 0.15) is 17.0 Å². The molecule has 0 saturated heterocycles. The van der Waals surface area contributed by atoms with Gasteiger partial charge in [-0.15, -0.1) is 0 Å². The van der Waals surface area contributed by atoms with Gasteiger partial charge in [0.15, 0.2) is 0 Å². The Kier molecular flexibility index (Phi) is 7.91. The number of nitrogens with one attached hydrogen (secondary N) is 2. The predicted octanol–water partition coefficient (Wildman–Crippen LogP) is 5.53. The molecule has 2 aromatic heterocycles. The maximum absolute atomic E-state index is 13.6. The number of methoxy groups -OCH3 is 1. The zero-order valence-electron chi connectivity index (χ0n) is 23.9. The van der Waals surface area contributed by atoms with Crippen molar-refractivity contribution in [3.63, 3.8) is 0 Å². The van der Waals surface area contributed by atoms with Crippen LogP contribution >= 0.6 is 0 Å². The standard InChI is InChI=1S/C32H29N5O6/c1-32(2,3)43-31(40)37-26-8-6-5-7-23(26)24-17-25(34-27(28(24)37)20-13-15-22(42-4)16-14-20)30(39)35-33-18-19-9-11-21(12-10-19)29(38)36-41/h5-18,41H,1-4H3,(H,35,39)(H,36,38)/b33-18+. The molecule has 11 nitrogen and oxygen atoms in total. The second kappa shape index (κ2) is 11.7. The van der Waals surface area contributed by atoms with Gasteiger partial charge >= 0.3 is 6.09 Å². The number of hydrazone groups is 1. The SMILES string of the molecule is COc1ccc(-c2nc(C(=O)N/N=C/c3ccc(C(=O)NO)cc3)cc3c4ccccc4n(C(=O)OC(C)(C)C)c23)cc1. The Morgan fingerprint density at radius 2 is 1.63 bits per heavy atom. The van der Waals surface area contributed by atoms with E-state index in [0.717, 1.165) is 5.39 Å². The molecule has 0 bridgehead atoms. The van der Waals surface area contributed by atoms with E-state index < -0.39 is 23.5 Å². The summed E-state index contributed by atoms with van der Waals surface area (Å²) < 4.78 is 12.6. The highest BCUT2D eigenvalue weighted by Gasteiger charge is 2.26. The van der Waals surface area contributed by atoms with Crippen LogP contribution in [0.25, 0.3) is 33.1 Å². The Bertz CT molecular complexity index is 1870. The second-order valence-corrected chi connectivity index (χ2v) is 10.6. The first kappa shape index (κ1) is 29.0. The van der Waals surface area contributed by atoms with Gasteiger partial charge in [0, 0.05) is 21.9 Å². The summed E-state index contributed by atoms with van der Waals surface area (Å²) in [6.07, 6.45) is 0.843. The van der Waals surface area contributed by atoms with Crippen LogP contribution in [-0.4, -0.2) is 51.6 Å². The number of hydrogen-bond acceptors (Lipinski definition) is 8. The van der Waals surface area contributed by atoms with Crippen molar-refractivity contribution < 1.29 is 29.1 Å². The maximum Gasteiger partial charge on any atom is 0.419 e. The smallest absolute Gasteiger partial charge is 0.419 e. The summed E-state index contributed by atoms with van der Waals surface area (Å²) in [4.78, 5) is 43.1. The van der Waals surface area contributed by atoms with Crippen LogP contribution in [-0.2, 0) is 4.74 Å². The number of amides is 2. The first-order valence-corrected chi connectivity index (χ1v) is 13.3. The Hall–Kier alpha value is -5.55. The van der Waals surface area contributed by atoms with Crippen molar-refractivity contribution >= 4 is 45.9 Å². The van der Waals surface area contributed by atoms with Crippen LogP contribution in [0, 0.1) is 0 Å². The summed E-state index contributed by atoms with van der Waals surface area (Å²) >= 11 is 0. The zero-order chi connectivity index (χ0) is 30.7. The monoisotopic (exact) mass is 579 g/mol. The van der Waals surface area contributed by atoms with Gasteiger partial charge in [-0.2, -0.15) is 5.10 Å². The summed E-state index contributed by atoms with van der Waals surface area (Å²) in [7, 11) is 1.57. The number of pyridine rings is 1. The van der Waals surface area contributed by atoms with Gasteiger partial charge in [-0.3, -0.25) is 14.8 Å². The Balaban J connectivity index is 1.60. The van der Waals surface area contributed by atoms with Crippen LogP contribution in [0.4, 0.5) is 4.79 Å². The van der Waals surface area contributed by atoms with Crippen LogP contribution in [0.3, 0.4) is 0 Å². The van der Waals surface area contributed by atoms with Gasteiger partial charge in [0.05, 0.1) is 30.1 Å². The lowest BCUT2D eigenvalue weighted by molar-refractivity contribution is 0.0551. The fraction of sp³-hybridized carbons (Fsp3) is 0.156. The molecule has 3 aromatic carbocycles. The molecule has 0 spiro atoms. The van der Waals surface area contributed by atoms with E-state index in [4.69, 9.17) is 19.7 Å². The van der Waals surface area contributed by atoms with Crippen molar-refractivity contribution in [2.45, 2.75) is 26.4 Å². The molecule has 11 heteroatoms. The van der Waals surface area contributed by atoms with E-state index in [-0.39, 0.29) is 11.3 Å². The molecule has 218 valence electrons. The fourth-order valence-electron chi connectivity index (χ4n) is 4.56. The Labute approximate surface area is 246 Å². The highest BCUT2D eigenvalue weighted by atomic mass is 16.6. The normalized spacial score (nSPS) is 11.6. The minimum Gasteiger partial charge on any atom is -0.497 e. The van der Waals surface area contributed by atoms with E-state index in [9.17, 15) is 14.4 Å². The third kappa shape index (κ3) is 6.07. The molecule has 5 rings (SSSR count). The Morgan fingerprint density at radius 1 is 0.930 bits per heavy atom. The lowest BCUT2D eigenvalue weighted by Crippen LogP contribution is -2.27. The molecule has 2 amide bonds. The molecule has 5 aromatic rings. The van der Waals surface area contributed by atoms with Crippen molar-refractivity contribution in [3.8, 4) is 17.0 Å². The van der Waals surface area contributed by atoms with Gasteiger partial charge in [0.2, 0.25) is 0 Å². The predicted molar refractivity (Wildman–Crippen MR) is 162 cm³/mol. The summed E-state index contributed by atoms with van der Waals surface area (Å²) in [5.41, 5.74) is 6.43. The van der Waals surface area contributed by atoms with Crippen LogP contribution < -0.4 is 15.6 Å². The molecule has 0 aliphatic heterocycles. The number of benzene rings is 3. The number of carbonyl (C=O) groups is 3.